The minimum atomic E-state index is -4.40. The van der Waals surface area contributed by atoms with Crippen LogP contribution in [0.5, 0.6) is 0 Å². The summed E-state index contributed by atoms with van der Waals surface area (Å²) >= 11 is 0. The third-order valence-corrected chi connectivity index (χ3v) is 7.01. The average Bonchev–Trinajstić information content (AvgIpc) is 2.73. The van der Waals surface area contributed by atoms with Gasteiger partial charge in [0.05, 0.1) is 5.92 Å². The lowest BCUT2D eigenvalue weighted by molar-refractivity contribution is -0.184. The molecule has 0 aliphatic heterocycles. The lowest BCUT2D eigenvalue weighted by Gasteiger charge is -2.32. The lowest BCUT2D eigenvalue weighted by Crippen LogP contribution is -2.52. The Morgan fingerprint density at radius 1 is 1.03 bits per heavy atom. The van der Waals surface area contributed by atoms with Crippen molar-refractivity contribution >= 4 is 15.9 Å². The maximum absolute atomic E-state index is 14.1. The fourth-order valence-electron chi connectivity index (χ4n) is 3.87. The number of nitrogens with one attached hydrogen (secondary N) is 2. The second-order valence-corrected chi connectivity index (χ2v) is 9.59. The Kier molecular flexibility index (Phi) is 7.55. The van der Waals surface area contributed by atoms with Crippen LogP contribution in [0.25, 0.3) is 0 Å². The molecule has 0 heterocycles. The Hall–Kier alpha value is -2.46. The van der Waals surface area contributed by atoms with E-state index in [1.807, 2.05) is 0 Å². The summed E-state index contributed by atoms with van der Waals surface area (Å²) in [6.45, 7) is 0. The minimum Gasteiger partial charge on any atom is -0.352 e. The van der Waals surface area contributed by atoms with Gasteiger partial charge in [-0.1, -0.05) is 48.9 Å². The molecule has 174 valence electrons. The van der Waals surface area contributed by atoms with E-state index in [0.29, 0.717) is 18.4 Å². The fourth-order valence-corrected chi connectivity index (χ4v) is 5.15. The highest BCUT2D eigenvalue weighted by Crippen LogP contribution is 2.37. The van der Waals surface area contributed by atoms with E-state index in [4.69, 9.17) is 0 Å². The number of hydrogen-bond acceptors (Lipinski definition) is 3. The SMILES string of the molecule is O=C(NC1CCCC(C(F)(F)F)C1)[C@H](Cc1ccccc1)NS(=O)(=O)c1ccccc1F. The highest BCUT2D eigenvalue weighted by Gasteiger charge is 2.42. The van der Waals surface area contributed by atoms with Crippen LogP contribution in [-0.2, 0) is 21.2 Å². The quantitative estimate of drug-likeness (QED) is 0.600. The molecule has 0 bridgehead atoms. The largest absolute Gasteiger partial charge is 0.391 e. The summed E-state index contributed by atoms with van der Waals surface area (Å²) < 4.78 is 81.1. The highest BCUT2D eigenvalue weighted by atomic mass is 32.2. The van der Waals surface area contributed by atoms with Gasteiger partial charge >= 0.3 is 6.18 Å². The van der Waals surface area contributed by atoms with Gasteiger partial charge in [0, 0.05) is 6.04 Å². The summed E-state index contributed by atoms with van der Waals surface area (Å²) in [5.41, 5.74) is 0.640. The zero-order chi connectivity index (χ0) is 23.4. The van der Waals surface area contributed by atoms with E-state index >= 15 is 0 Å². The zero-order valence-corrected chi connectivity index (χ0v) is 17.9. The van der Waals surface area contributed by atoms with Gasteiger partial charge in [-0.25, -0.2) is 12.8 Å². The van der Waals surface area contributed by atoms with Crippen molar-refractivity contribution in [2.75, 3.05) is 0 Å². The van der Waals surface area contributed by atoms with Crippen LogP contribution in [0.15, 0.2) is 59.5 Å². The summed E-state index contributed by atoms with van der Waals surface area (Å²) in [5.74, 6) is -3.23. The molecule has 3 atom stereocenters. The first-order chi connectivity index (χ1) is 15.1. The number of halogens is 4. The molecule has 2 aromatic rings. The van der Waals surface area contributed by atoms with Gasteiger partial charge in [-0.05, 0) is 43.4 Å². The molecule has 2 N–H and O–H groups in total. The molecule has 1 saturated carbocycles. The molecule has 2 aromatic carbocycles. The number of amides is 1. The molecule has 0 spiro atoms. The molecule has 0 saturated heterocycles. The Labute approximate surface area is 184 Å². The number of benzene rings is 2. The third-order valence-electron chi connectivity index (χ3n) is 5.51. The number of carbonyl (C=O) groups is 1. The summed E-state index contributed by atoms with van der Waals surface area (Å²) in [4.78, 5) is 12.3. The van der Waals surface area contributed by atoms with Crippen LogP contribution in [0.1, 0.15) is 31.2 Å². The van der Waals surface area contributed by atoms with Gasteiger partial charge in [0.15, 0.2) is 0 Å². The van der Waals surface area contributed by atoms with Crippen LogP contribution in [0.2, 0.25) is 0 Å². The van der Waals surface area contributed by atoms with Gasteiger partial charge in [0.25, 0.3) is 0 Å². The monoisotopic (exact) mass is 472 g/mol. The van der Waals surface area contributed by atoms with E-state index in [2.05, 4.69) is 10.0 Å². The number of rotatable bonds is 7. The third kappa shape index (κ3) is 6.29. The van der Waals surface area contributed by atoms with Gasteiger partial charge in [-0.3, -0.25) is 4.79 Å². The smallest absolute Gasteiger partial charge is 0.352 e. The highest BCUT2D eigenvalue weighted by molar-refractivity contribution is 7.89. The van der Waals surface area contributed by atoms with E-state index < -0.39 is 50.8 Å². The van der Waals surface area contributed by atoms with Crippen LogP contribution in [-0.4, -0.2) is 32.6 Å². The first kappa shape index (κ1) is 24.2. The molecular formula is C22H24F4N2O3S. The van der Waals surface area contributed by atoms with Crippen molar-refractivity contribution in [1.29, 1.82) is 0 Å². The number of carbonyl (C=O) groups excluding carboxylic acids is 1. The topological polar surface area (TPSA) is 75.3 Å². The van der Waals surface area contributed by atoms with Crippen molar-refractivity contribution < 1.29 is 30.8 Å². The van der Waals surface area contributed by atoms with Crippen LogP contribution in [0.4, 0.5) is 17.6 Å². The Bertz CT molecular complexity index is 1030. The summed E-state index contributed by atoms with van der Waals surface area (Å²) in [6, 6.07) is 11.3. The predicted molar refractivity (Wildman–Crippen MR) is 111 cm³/mol. The fraction of sp³-hybridized carbons (Fsp3) is 0.409. The van der Waals surface area contributed by atoms with Crippen molar-refractivity contribution in [1.82, 2.24) is 10.0 Å². The van der Waals surface area contributed by atoms with Crippen LogP contribution in [0.3, 0.4) is 0 Å². The molecule has 10 heteroatoms. The first-order valence-electron chi connectivity index (χ1n) is 10.2. The van der Waals surface area contributed by atoms with Gasteiger partial charge in [0.2, 0.25) is 15.9 Å². The van der Waals surface area contributed by atoms with Gasteiger partial charge < -0.3 is 5.32 Å². The first-order valence-corrected chi connectivity index (χ1v) is 11.7. The van der Waals surface area contributed by atoms with E-state index in [-0.39, 0.29) is 19.3 Å². The Morgan fingerprint density at radius 2 is 1.69 bits per heavy atom. The van der Waals surface area contributed by atoms with E-state index in [1.165, 1.54) is 12.1 Å². The van der Waals surface area contributed by atoms with Crippen molar-refractivity contribution in [2.45, 2.75) is 55.3 Å². The molecule has 1 aliphatic rings. The van der Waals surface area contributed by atoms with Crippen molar-refractivity contribution in [2.24, 2.45) is 5.92 Å². The normalized spacial score (nSPS) is 20.5. The molecule has 3 rings (SSSR count). The summed E-state index contributed by atoms with van der Waals surface area (Å²) in [5, 5.41) is 2.57. The predicted octanol–water partition coefficient (Wildman–Crippen LogP) is 3.95. The Balaban J connectivity index is 1.79. The van der Waals surface area contributed by atoms with E-state index in [9.17, 15) is 30.8 Å². The molecule has 32 heavy (non-hydrogen) atoms. The summed E-state index contributed by atoms with van der Waals surface area (Å²) in [7, 11) is -4.40. The second kappa shape index (κ2) is 9.99. The number of sulfonamides is 1. The van der Waals surface area contributed by atoms with Crippen molar-refractivity contribution in [3.05, 3.63) is 66.0 Å². The van der Waals surface area contributed by atoms with E-state index in [0.717, 1.165) is 12.1 Å². The van der Waals surface area contributed by atoms with Gasteiger partial charge in [-0.2, -0.15) is 17.9 Å². The number of alkyl halides is 3. The average molecular weight is 473 g/mol. The molecule has 2 unspecified atom stereocenters. The number of hydrogen-bond donors (Lipinski definition) is 2. The zero-order valence-electron chi connectivity index (χ0n) is 17.1. The van der Waals surface area contributed by atoms with Crippen molar-refractivity contribution in [3.63, 3.8) is 0 Å². The molecular weight excluding hydrogens is 448 g/mol. The van der Waals surface area contributed by atoms with Crippen LogP contribution < -0.4 is 10.0 Å². The van der Waals surface area contributed by atoms with Gasteiger partial charge in [-0.15, -0.1) is 0 Å². The molecule has 1 fully saturated rings. The standard InChI is InChI=1S/C22H24F4N2O3S/c23-18-11-4-5-12-20(18)32(30,31)28-19(13-15-7-2-1-3-8-15)21(29)27-17-10-6-9-16(14-17)22(24,25)26/h1-5,7-8,11-12,16-17,19,28H,6,9-10,13-14H2,(H,27,29)/t16?,17?,19-/m0/s1. The molecule has 0 radical (unpaired) electrons. The Morgan fingerprint density at radius 3 is 2.34 bits per heavy atom. The molecule has 5 nitrogen and oxygen atoms in total. The lowest BCUT2D eigenvalue weighted by atomic mass is 9.85. The summed E-state index contributed by atoms with van der Waals surface area (Å²) in [6.07, 6.45) is -3.97. The maximum atomic E-state index is 14.1. The molecule has 1 amide bonds. The second-order valence-electron chi connectivity index (χ2n) is 7.90. The van der Waals surface area contributed by atoms with E-state index in [1.54, 1.807) is 30.3 Å². The molecule has 1 aliphatic carbocycles. The maximum Gasteiger partial charge on any atom is 0.391 e. The van der Waals surface area contributed by atoms with Gasteiger partial charge in [0.1, 0.15) is 16.8 Å². The van der Waals surface area contributed by atoms with Crippen LogP contribution >= 0.6 is 0 Å². The van der Waals surface area contributed by atoms with Crippen LogP contribution in [0, 0.1) is 11.7 Å². The molecule has 0 aromatic heterocycles. The minimum absolute atomic E-state index is 0.00320. The van der Waals surface area contributed by atoms with Crippen molar-refractivity contribution in [3.8, 4) is 0 Å².